The Morgan fingerprint density at radius 3 is 2.34 bits per heavy atom. The summed E-state index contributed by atoms with van der Waals surface area (Å²) in [7, 11) is -3.72. The van der Waals surface area contributed by atoms with Crippen molar-refractivity contribution < 1.29 is 18.6 Å². The molecule has 0 spiro atoms. The molecule has 0 aliphatic heterocycles. The van der Waals surface area contributed by atoms with E-state index in [1.807, 2.05) is 6.92 Å². The largest absolute Gasteiger partial charge is 0.593 e. The minimum Gasteiger partial charge on any atom is -0.593 e. The van der Waals surface area contributed by atoms with Crippen LogP contribution in [0.1, 0.15) is 23.9 Å². The van der Waals surface area contributed by atoms with Crippen molar-refractivity contribution in [3.63, 3.8) is 0 Å². The second kappa shape index (κ2) is 8.95. The second-order valence-corrected chi connectivity index (χ2v) is 7.74. The van der Waals surface area contributed by atoms with E-state index in [-0.39, 0.29) is 16.7 Å². The number of ether oxygens (including phenoxy) is 1. The molecule has 1 aromatic heterocycles. The van der Waals surface area contributed by atoms with Crippen molar-refractivity contribution in [1.29, 1.82) is 0 Å². The van der Waals surface area contributed by atoms with Gasteiger partial charge in [0, 0.05) is 13.0 Å². The molecule has 0 saturated carbocycles. The highest BCUT2D eigenvalue weighted by atomic mass is 32.3. The number of nitrogens with one attached hydrogen (secondary N) is 1. The lowest BCUT2D eigenvalue weighted by Crippen LogP contribution is -2.21. The first-order chi connectivity index (χ1) is 13.8. The summed E-state index contributed by atoms with van der Waals surface area (Å²) < 4.78 is 28.1. The van der Waals surface area contributed by atoms with Crippen LogP contribution in [0.2, 0.25) is 0 Å². The van der Waals surface area contributed by atoms with Gasteiger partial charge in [-0.3, -0.25) is 0 Å². The fourth-order valence-corrected chi connectivity index (χ4v) is 3.04. The minimum atomic E-state index is -3.72. The van der Waals surface area contributed by atoms with Gasteiger partial charge in [0.2, 0.25) is 5.95 Å². The number of hydrogen-bond acceptors (Lipinski definition) is 8. The first kappa shape index (κ1) is 20.6. The van der Waals surface area contributed by atoms with Gasteiger partial charge in [-0.25, -0.2) is 0 Å². The molecular weight excluding hydrogens is 394 g/mol. The number of rotatable bonds is 8. The molecule has 3 rings (SSSR count). The van der Waals surface area contributed by atoms with Crippen LogP contribution in [0, 0.1) is 0 Å². The Kier molecular flexibility index (Phi) is 6.37. The fourth-order valence-electron chi connectivity index (χ4n) is 2.52. The molecule has 0 aliphatic rings. The molecule has 4 N–H and O–H groups in total. The summed E-state index contributed by atoms with van der Waals surface area (Å²) >= 11 is 0. The van der Waals surface area contributed by atoms with Crippen molar-refractivity contribution in [2.45, 2.75) is 24.8 Å². The van der Waals surface area contributed by atoms with Crippen molar-refractivity contribution in [1.82, 2.24) is 15.0 Å². The zero-order valence-electron chi connectivity index (χ0n) is 15.7. The van der Waals surface area contributed by atoms with Gasteiger partial charge in [-0.05, 0) is 42.3 Å². The average molecular weight is 415 g/mol. The van der Waals surface area contributed by atoms with E-state index in [4.69, 9.17) is 9.88 Å². The van der Waals surface area contributed by atoms with E-state index < -0.39 is 10.4 Å². The normalized spacial score (nSPS) is 12.9. The van der Waals surface area contributed by atoms with Gasteiger partial charge in [0.25, 0.3) is 0 Å². The van der Waals surface area contributed by atoms with Crippen LogP contribution in [-0.2, 0) is 27.6 Å². The number of benzene rings is 2. The Balaban J connectivity index is 1.74. The van der Waals surface area contributed by atoms with Crippen LogP contribution in [0.15, 0.2) is 53.4 Å². The molecule has 1 heterocycles. The van der Waals surface area contributed by atoms with Gasteiger partial charge in [0.1, 0.15) is 11.6 Å². The van der Waals surface area contributed by atoms with Crippen molar-refractivity contribution in [2.24, 2.45) is 5.14 Å². The molecule has 0 radical (unpaired) electrons. The number of phenolic OH excluding ortho intramolecular Hbond substituents is 1. The van der Waals surface area contributed by atoms with Crippen LogP contribution in [0.3, 0.4) is 0 Å². The number of nitrogens with zero attached hydrogens (tertiary/aromatic N) is 3. The standard InChI is InChI=1S/C19H21N5O4S/c1-2-28-19-23-17(11-13-3-7-15(25)8-4-13)22-18(24-19)21-12-14-5-9-16(10-6-14)29(20,26)27/h3-10H,2,11-12H2,1H3,(H4-,20,21,22,23,24,25,26,27). The number of anilines is 1. The summed E-state index contributed by atoms with van der Waals surface area (Å²) in [5, 5.41) is 17.6. The summed E-state index contributed by atoms with van der Waals surface area (Å²) in [6, 6.07) is 13.2. The molecule has 9 nitrogen and oxygen atoms in total. The molecule has 1 atom stereocenters. The zero-order valence-corrected chi connectivity index (χ0v) is 16.6. The monoisotopic (exact) mass is 415 g/mol. The maximum absolute atomic E-state index is 11.3. The van der Waals surface area contributed by atoms with Gasteiger partial charge in [0.15, 0.2) is 15.3 Å². The maximum atomic E-state index is 11.3. The van der Waals surface area contributed by atoms with Gasteiger partial charge in [-0.2, -0.15) is 15.0 Å². The third-order valence-corrected chi connectivity index (χ3v) is 4.86. The van der Waals surface area contributed by atoms with E-state index in [2.05, 4.69) is 20.3 Å². The van der Waals surface area contributed by atoms with E-state index in [9.17, 15) is 13.9 Å². The number of aromatic hydroxyl groups is 1. The molecule has 0 saturated heterocycles. The summed E-state index contributed by atoms with van der Waals surface area (Å²) in [5.74, 6) is 1.05. The van der Waals surface area contributed by atoms with Crippen LogP contribution in [0.4, 0.5) is 5.95 Å². The number of nitrogens with two attached hydrogens (primary N) is 1. The van der Waals surface area contributed by atoms with Crippen LogP contribution in [0.25, 0.3) is 0 Å². The highest BCUT2D eigenvalue weighted by molar-refractivity contribution is 7.95. The van der Waals surface area contributed by atoms with E-state index in [1.54, 1.807) is 36.4 Å². The predicted molar refractivity (Wildman–Crippen MR) is 107 cm³/mol. The Labute approximate surface area is 169 Å². The third kappa shape index (κ3) is 5.95. The first-order valence-electron chi connectivity index (χ1n) is 8.85. The fraction of sp³-hybridized carbons (Fsp3) is 0.211. The Bertz CT molecular complexity index is 1010. The second-order valence-electron chi connectivity index (χ2n) is 6.18. The minimum absolute atomic E-state index is 0.0521. The molecule has 3 aromatic rings. The van der Waals surface area contributed by atoms with Crippen molar-refractivity contribution in [3.05, 3.63) is 65.5 Å². The van der Waals surface area contributed by atoms with Crippen LogP contribution >= 0.6 is 0 Å². The quantitative estimate of drug-likeness (QED) is 0.474. The molecule has 0 fully saturated rings. The highest BCUT2D eigenvalue weighted by Gasteiger charge is 2.13. The van der Waals surface area contributed by atoms with Crippen molar-refractivity contribution in [3.8, 4) is 11.8 Å². The van der Waals surface area contributed by atoms with E-state index in [0.29, 0.717) is 31.3 Å². The van der Waals surface area contributed by atoms with Crippen molar-refractivity contribution in [2.75, 3.05) is 11.9 Å². The lowest BCUT2D eigenvalue weighted by molar-refractivity contribution is 0.310. The van der Waals surface area contributed by atoms with Crippen LogP contribution in [0.5, 0.6) is 11.8 Å². The summed E-state index contributed by atoms with van der Waals surface area (Å²) in [6.07, 6.45) is 0.445. The molecule has 152 valence electrons. The molecule has 10 heteroatoms. The molecule has 2 aromatic carbocycles. The van der Waals surface area contributed by atoms with Gasteiger partial charge in [-0.15, -0.1) is 5.14 Å². The summed E-state index contributed by atoms with van der Waals surface area (Å²) in [4.78, 5) is 13.0. The SMILES string of the molecule is CCOc1nc(Cc2ccc(O)cc2)nc(NCc2ccc([S+](N)(=O)[O-])cc2)n1. The smallest absolute Gasteiger partial charge is 0.321 e. The number of phenols is 1. The Morgan fingerprint density at radius 1 is 1.07 bits per heavy atom. The number of primary sulfonamides is 1. The van der Waals surface area contributed by atoms with Crippen molar-refractivity contribution >= 4 is 16.3 Å². The molecule has 0 aliphatic carbocycles. The third-order valence-electron chi connectivity index (χ3n) is 3.94. The topological polar surface area (TPSA) is 146 Å². The number of sulfonamides is 1. The first-order valence-corrected chi connectivity index (χ1v) is 10.4. The molecule has 29 heavy (non-hydrogen) atoms. The zero-order chi connectivity index (χ0) is 20.9. The molecule has 0 bridgehead atoms. The van der Waals surface area contributed by atoms with Gasteiger partial charge in [-0.1, -0.05) is 28.5 Å². The molecule has 1 unspecified atom stereocenters. The Hall–Kier alpha value is -3.08. The number of hydrogen-bond donors (Lipinski definition) is 3. The van der Waals surface area contributed by atoms with Crippen LogP contribution < -0.4 is 15.2 Å². The van der Waals surface area contributed by atoms with Crippen LogP contribution in [-0.4, -0.2) is 31.2 Å². The van der Waals surface area contributed by atoms with E-state index in [1.165, 1.54) is 12.1 Å². The lowest BCUT2D eigenvalue weighted by Gasteiger charge is -2.10. The van der Waals surface area contributed by atoms with E-state index >= 15 is 0 Å². The Morgan fingerprint density at radius 2 is 1.72 bits per heavy atom. The number of aromatic nitrogens is 3. The lowest BCUT2D eigenvalue weighted by atomic mass is 10.1. The molecular formula is C19H21N5O4S. The van der Waals surface area contributed by atoms with E-state index in [0.717, 1.165) is 11.1 Å². The maximum Gasteiger partial charge on any atom is 0.321 e. The highest BCUT2D eigenvalue weighted by Crippen LogP contribution is 2.16. The molecule has 0 amide bonds. The van der Waals surface area contributed by atoms with Gasteiger partial charge in [0.05, 0.1) is 6.61 Å². The van der Waals surface area contributed by atoms with Gasteiger partial charge >= 0.3 is 6.01 Å². The average Bonchev–Trinajstić information content (AvgIpc) is 2.68. The predicted octanol–water partition coefficient (Wildman–Crippen LogP) is 2.04. The van der Waals surface area contributed by atoms with Gasteiger partial charge < -0.3 is 19.7 Å². The summed E-state index contributed by atoms with van der Waals surface area (Å²) in [5.41, 5.74) is 1.76. The summed E-state index contributed by atoms with van der Waals surface area (Å²) in [6.45, 7) is 2.62.